The maximum atomic E-state index is 12.9. The molecule has 0 radical (unpaired) electrons. The molecule has 1 aromatic carbocycles. The van der Waals surface area contributed by atoms with Crippen molar-refractivity contribution >= 4 is 15.9 Å². The number of nitrogens with one attached hydrogen (secondary N) is 1. The molecule has 8 heteroatoms. The van der Waals surface area contributed by atoms with Crippen molar-refractivity contribution in [1.82, 2.24) is 14.5 Å². The molecule has 1 heterocycles. The van der Waals surface area contributed by atoms with Gasteiger partial charge in [-0.05, 0) is 24.6 Å². The maximum absolute atomic E-state index is 12.9. The van der Waals surface area contributed by atoms with Crippen LogP contribution in [-0.4, -0.2) is 62.5 Å². The van der Waals surface area contributed by atoms with Crippen molar-refractivity contribution in [3.8, 4) is 0 Å². The molecule has 0 aromatic heterocycles. The Morgan fingerprint density at radius 3 is 2.30 bits per heavy atom. The topological polar surface area (TPSA) is 69.7 Å². The highest BCUT2D eigenvalue weighted by atomic mass is 32.2. The van der Waals surface area contributed by atoms with Crippen molar-refractivity contribution in [2.75, 3.05) is 39.0 Å². The van der Waals surface area contributed by atoms with Gasteiger partial charge in [0.2, 0.25) is 15.9 Å². The summed E-state index contributed by atoms with van der Waals surface area (Å²) in [6.07, 6.45) is 1.18. The molecule has 23 heavy (non-hydrogen) atoms. The molecule has 1 unspecified atom stereocenters. The molecular formula is C15H22FN3O3S. The van der Waals surface area contributed by atoms with E-state index < -0.39 is 10.0 Å². The lowest BCUT2D eigenvalue weighted by Crippen LogP contribution is -2.52. The highest BCUT2D eigenvalue weighted by Crippen LogP contribution is 2.13. The molecule has 1 amide bonds. The molecule has 2 rings (SSSR count). The first-order valence-corrected chi connectivity index (χ1v) is 9.34. The second-order valence-corrected chi connectivity index (χ2v) is 7.68. The van der Waals surface area contributed by atoms with E-state index in [0.717, 1.165) is 5.56 Å². The van der Waals surface area contributed by atoms with Gasteiger partial charge in [0, 0.05) is 32.2 Å². The monoisotopic (exact) mass is 343 g/mol. The van der Waals surface area contributed by atoms with Gasteiger partial charge in [-0.1, -0.05) is 12.1 Å². The zero-order valence-corrected chi connectivity index (χ0v) is 14.1. The quantitative estimate of drug-likeness (QED) is 0.849. The van der Waals surface area contributed by atoms with Gasteiger partial charge in [0.1, 0.15) is 5.82 Å². The van der Waals surface area contributed by atoms with E-state index in [9.17, 15) is 17.6 Å². The third-order valence-corrected chi connectivity index (χ3v) is 5.29. The van der Waals surface area contributed by atoms with Crippen LogP contribution < -0.4 is 5.32 Å². The van der Waals surface area contributed by atoms with Gasteiger partial charge < -0.3 is 10.2 Å². The number of carbonyl (C=O) groups excluding carboxylic acids is 1. The van der Waals surface area contributed by atoms with E-state index in [-0.39, 0.29) is 24.3 Å². The fourth-order valence-corrected chi connectivity index (χ4v) is 3.32. The molecule has 0 saturated carbocycles. The standard InChI is InChI=1S/C15H22FN3O3S/c1-12(13-3-5-14(16)6-4-13)17-11-15(20)18-7-9-19(10-8-18)23(2,21)22/h3-6,12,17H,7-11H2,1-2H3. The molecule has 1 aliphatic heterocycles. The third kappa shape index (κ3) is 4.98. The lowest BCUT2D eigenvalue weighted by Gasteiger charge is -2.33. The Hall–Kier alpha value is -1.51. The van der Waals surface area contributed by atoms with E-state index in [1.54, 1.807) is 17.0 Å². The van der Waals surface area contributed by atoms with Crippen LogP contribution in [0.1, 0.15) is 18.5 Å². The van der Waals surface area contributed by atoms with Crippen LogP contribution >= 0.6 is 0 Å². The normalized spacial score (nSPS) is 18.0. The Labute approximate surface area is 136 Å². The summed E-state index contributed by atoms with van der Waals surface area (Å²) >= 11 is 0. The SMILES string of the molecule is CC(NCC(=O)N1CCN(S(C)(=O)=O)CC1)c1ccc(F)cc1. The highest BCUT2D eigenvalue weighted by molar-refractivity contribution is 7.88. The zero-order chi connectivity index (χ0) is 17.0. The number of sulfonamides is 1. The number of piperazine rings is 1. The molecule has 1 N–H and O–H groups in total. The fourth-order valence-electron chi connectivity index (χ4n) is 2.49. The van der Waals surface area contributed by atoms with Crippen molar-refractivity contribution < 1.29 is 17.6 Å². The van der Waals surface area contributed by atoms with E-state index in [1.807, 2.05) is 6.92 Å². The first-order valence-electron chi connectivity index (χ1n) is 7.49. The van der Waals surface area contributed by atoms with E-state index in [2.05, 4.69) is 5.32 Å². The van der Waals surface area contributed by atoms with Crippen LogP contribution in [0.25, 0.3) is 0 Å². The van der Waals surface area contributed by atoms with Crippen molar-refractivity contribution in [2.45, 2.75) is 13.0 Å². The van der Waals surface area contributed by atoms with Gasteiger partial charge in [-0.3, -0.25) is 4.79 Å². The Morgan fingerprint density at radius 1 is 1.22 bits per heavy atom. The third-order valence-electron chi connectivity index (χ3n) is 3.99. The number of hydrogen-bond donors (Lipinski definition) is 1. The zero-order valence-electron chi connectivity index (χ0n) is 13.3. The van der Waals surface area contributed by atoms with Crippen LogP contribution in [0.2, 0.25) is 0 Å². The second kappa shape index (κ2) is 7.37. The van der Waals surface area contributed by atoms with Gasteiger partial charge >= 0.3 is 0 Å². The predicted octanol–water partition coefficient (Wildman–Crippen LogP) is 0.580. The van der Waals surface area contributed by atoms with Crippen LogP contribution in [0.3, 0.4) is 0 Å². The molecule has 6 nitrogen and oxygen atoms in total. The largest absolute Gasteiger partial charge is 0.339 e. The van der Waals surface area contributed by atoms with Gasteiger partial charge in [-0.25, -0.2) is 12.8 Å². The molecule has 1 fully saturated rings. The first kappa shape index (κ1) is 17.8. The van der Waals surface area contributed by atoms with Crippen LogP contribution in [-0.2, 0) is 14.8 Å². The summed E-state index contributed by atoms with van der Waals surface area (Å²) in [5.74, 6) is -0.354. The Kier molecular flexibility index (Phi) is 5.72. The van der Waals surface area contributed by atoms with E-state index >= 15 is 0 Å². The summed E-state index contributed by atoms with van der Waals surface area (Å²) < 4.78 is 37.2. The summed E-state index contributed by atoms with van der Waals surface area (Å²) in [6, 6.07) is 6.07. The Balaban J connectivity index is 1.80. The van der Waals surface area contributed by atoms with Crippen LogP contribution in [0.15, 0.2) is 24.3 Å². The van der Waals surface area contributed by atoms with Crippen molar-refractivity contribution in [1.29, 1.82) is 0 Å². The maximum Gasteiger partial charge on any atom is 0.236 e. The molecule has 128 valence electrons. The Bertz CT molecular complexity index is 640. The molecule has 1 saturated heterocycles. The predicted molar refractivity (Wildman–Crippen MR) is 85.8 cm³/mol. The number of carbonyl (C=O) groups is 1. The van der Waals surface area contributed by atoms with Crippen molar-refractivity contribution in [2.24, 2.45) is 0 Å². The van der Waals surface area contributed by atoms with Gasteiger partial charge in [-0.2, -0.15) is 4.31 Å². The lowest BCUT2D eigenvalue weighted by atomic mass is 10.1. The van der Waals surface area contributed by atoms with Gasteiger partial charge in [0.15, 0.2) is 0 Å². The number of rotatable bonds is 5. The number of benzene rings is 1. The van der Waals surface area contributed by atoms with E-state index in [1.165, 1.54) is 22.7 Å². The Morgan fingerprint density at radius 2 is 1.78 bits per heavy atom. The highest BCUT2D eigenvalue weighted by Gasteiger charge is 2.25. The van der Waals surface area contributed by atoms with Crippen molar-refractivity contribution in [3.63, 3.8) is 0 Å². The number of amides is 1. The number of hydrogen-bond acceptors (Lipinski definition) is 4. The fraction of sp³-hybridized carbons (Fsp3) is 0.533. The summed E-state index contributed by atoms with van der Waals surface area (Å²) in [7, 11) is -3.19. The minimum Gasteiger partial charge on any atom is -0.339 e. The average Bonchev–Trinajstić information content (AvgIpc) is 2.52. The summed E-state index contributed by atoms with van der Waals surface area (Å²) in [4.78, 5) is 13.8. The van der Waals surface area contributed by atoms with Gasteiger partial charge in [0.25, 0.3) is 0 Å². The molecule has 0 bridgehead atoms. The minimum absolute atomic E-state index is 0.0629. The summed E-state index contributed by atoms with van der Waals surface area (Å²) in [6.45, 7) is 3.53. The number of nitrogens with zero attached hydrogens (tertiary/aromatic N) is 2. The van der Waals surface area contributed by atoms with E-state index in [4.69, 9.17) is 0 Å². The molecular weight excluding hydrogens is 321 g/mol. The smallest absolute Gasteiger partial charge is 0.236 e. The number of halogens is 1. The van der Waals surface area contributed by atoms with Gasteiger partial charge in [0.05, 0.1) is 12.8 Å². The molecule has 1 aromatic rings. The van der Waals surface area contributed by atoms with Crippen molar-refractivity contribution in [3.05, 3.63) is 35.6 Å². The van der Waals surface area contributed by atoms with Crippen LogP contribution in [0.5, 0.6) is 0 Å². The molecule has 1 aliphatic rings. The molecule has 1 atom stereocenters. The van der Waals surface area contributed by atoms with Crippen LogP contribution in [0.4, 0.5) is 4.39 Å². The minimum atomic E-state index is -3.19. The average molecular weight is 343 g/mol. The molecule has 0 spiro atoms. The summed E-state index contributed by atoms with van der Waals surface area (Å²) in [5, 5.41) is 3.11. The molecule has 0 aliphatic carbocycles. The first-order chi connectivity index (χ1) is 10.8. The summed E-state index contributed by atoms with van der Waals surface area (Å²) in [5.41, 5.74) is 0.904. The lowest BCUT2D eigenvalue weighted by molar-refractivity contribution is -0.131. The van der Waals surface area contributed by atoms with Gasteiger partial charge in [-0.15, -0.1) is 0 Å². The van der Waals surface area contributed by atoms with Crippen LogP contribution in [0, 0.1) is 5.82 Å². The van der Waals surface area contributed by atoms with E-state index in [0.29, 0.717) is 26.2 Å². The second-order valence-electron chi connectivity index (χ2n) is 5.70.